The van der Waals surface area contributed by atoms with Crippen molar-refractivity contribution >= 4 is 27.9 Å². The Morgan fingerprint density at radius 1 is 1.46 bits per heavy atom. The first kappa shape index (κ1) is 20.6. The molecule has 1 aliphatic heterocycles. The van der Waals surface area contributed by atoms with E-state index in [0.717, 1.165) is 0 Å². The smallest absolute Gasteiger partial charge is 0.410 e. The zero-order chi connectivity index (χ0) is 19.3. The number of nitrogens with zero attached hydrogens (tertiary/aromatic N) is 2. The van der Waals surface area contributed by atoms with Crippen LogP contribution in [0.15, 0.2) is 16.7 Å². The second-order valence-electron chi connectivity index (χ2n) is 6.92. The second-order valence-corrected chi connectivity index (χ2v) is 7.84. The lowest BCUT2D eigenvalue weighted by Crippen LogP contribution is -2.49. The second kappa shape index (κ2) is 8.77. The summed E-state index contributed by atoms with van der Waals surface area (Å²) < 4.78 is 25.2. The fraction of sp³-hybridized carbons (Fsp3) is 0.588. The molecule has 1 aromatic rings. The Morgan fingerprint density at radius 2 is 2.19 bits per heavy atom. The molecule has 0 saturated carbocycles. The van der Waals surface area contributed by atoms with Gasteiger partial charge in [-0.2, -0.15) is 0 Å². The van der Waals surface area contributed by atoms with Gasteiger partial charge in [0.05, 0.1) is 12.6 Å². The van der Waals surface area contributed by atoms with Gasteiger partial charge in [0.1, 0.15) is 5.60 Å². The molecule has 1 unspecified atom stereocenters. The normalized spacial score (nSPS) is 18.2. The molecule has 0 aromatic carbocycles. The summed E-state index contributed by atoms with van der Waals surface area (Å²) in [6.07, 6.45) is 1.43. The Bertz CT molecular complexity index is 666. The van der Waals surface area contributed by atoms with Crippen LogP contribution in [-0.4, -0.2) is 59.8 Å². The van der Waals surface area contributed by atoms with Crippen molar-refractivity contribution < 1.29 is 23.5 Å². The highest BCUT2D eigenvalue weighted by Crippen LogP contribution is 2.16. The molecule has 0 bridgehead atoms. The molecule has 2 rings (SSSR count). The number of rotatable bonds is 3. The summed E-state index contributed by atoms with van der Waals surface area (Å²) in [5.41, 5.74) is -0.912. The van der Waals surface area contributed by atoms with Crippen molar-refractivity contribution in [2.45, 2.75) is 38.8 Å². The standard InChI is InChI=1S/C17H23BrFN3O4/c1-17(2,3)26-16(24)22-5-7-25-6-4-12(22)10-21-15(23)14-13(19)8-11(18)9-20-14/h8-9,12H,4-7,10H2,1-3H3,(H,21,23). The van der Waals surface area contributed by atoms with E-state index >= 15 is 0 Å². The zero-order valence-electron chi connectivity index (χ0n) is 15.1. The van der Waals surface area contributed by atoms with Crippen molar-refractivity contribution in [2.24, 2.45) is 0 Å². The van der Waals surface area contributed by atoms with Crippen LogP contribution < -0.4 is 5.32 Å². The van der Waals surface area contributed by atoms with Crippen LogP contribution in [0.5, 0.6) is 0 Å². The van der Waals surface area contributed by atoms with E-state index in [4.69, 9.17) is 9.47 Å². The average Bonchev–Trinajstić information content (AvgIpc) is 2.76. The van der Waals surface area contributed by atoms with Gasteiger partial charge in [-0.1, -0.05) is 0 Å². The molecule has 1 N–H and O–H groups in total. The molecule has 144 valence electrons. The highest BCUT2D eigenvalue weighted by atomic mass is 79.9. The topological polar surface area (TPSA) is 80.8 Å². The Kier molecular flexibility index (Phi) is 6.94. The van der Waals surface area contributed by atoms with Gasteiger partial charge in [0, 0.05) is 30.4 Å². The fourth-order valence-electron chi connectivity index (χ4n) is 2.47. The number of amides is 2. The number of aromatic nitrogens is 1. The number of ether oxygens (including phenoxy) is 2. The number of hydrogen-bond donors (Lipinski definition) is 1. The van der Waals surface area contributed by atoms with E-state index in [1.165, 1.54) is 12.3 Å². The Labute approximate surface area is 160 Å². The maximum absolute atomic E-state index is 13.9. The first-order valence-corrected chi connectivity index (χ1v) is 9.13. The Hall–Kier alpha value is -1.74. The summed E-state index contributed by atoms with van der Waals surface area (Å²) in [7, 11) is 0. The van der Waals surface area contributed by atoms with Crippen molar-refractivity contribution in [1.29, 1.82) is 0 Å². The van der Waals surface area contributed by atoms with Gasteiger partial charge in [-0.3, -0.25) is 4.79 Å². The number of nitrogens with one attached hydrogen (secondary N) is 1. The summed E-state index contributed by atoms with van der Waals surface area (Å²) in [5, 5.41) is 2.64. The molecule has 0 spiro atoms. The molecule has 7 nitrogen and oxygen atoms in total. The number of carbonyl (C=O) groups excluding carboxylic acids is 2. The van der Waals surface area contributed by atoms with Crippen LogP contribution in [-0.2, 0) is 9.47 Å². The van der Waals surface area contributed by atoms with Crippen molar-refractivity contribution in [2.75, 3.05) is 26.3 Å². The van der Waals surface area contributed by atoms with Gasteiger partial charge in [-0.05, 0) is 49.2 Å². The number of carbonyl (C=O) groups is 2. The largest absolute Gasteiger partial charge is 0.444 e. The summed E-state index contributed by atoms with van der Waals surface area (Å²) in [5.74, 6) is -1.35. The molecule has 2 heterocycles. The fourth-order valence-corrected chi connectivity index (χ4v) is 2.78. The van der Waals surface area contributed by atoms with E-state index in [2.05, 4.69) is 26.2 Å². The highest BCUT2D eigenvalue weighted by molar-refractivity contribution is 9.10. The SMILES string of the molecule is CC(C)(C)OC(=O)N1CCOCCC1CNC(=O)c1ncc(Br)cc1F. The van der Waals surface area contributed by atoms with E-state index in [-0.39, 0.29) is 18.3 Å². The minimum Gasteiger partial charge on any atom is -0.444 e. The van der Waals surface area contributed by atoms with Crippen LogP contribution >= 0.6 is 15.9 Å². The third kappa shape index (κ3) is 5.91. The summed E-state index contributed by atoms with van der Waals surface area (Å²) in [6.45, 7) is 6.74. The van der Waals surface area contributed by atoms with Gasteiger partial charge in [0.25, 0.3) is 5.91 Å². The van der Waals surface area contributed by atoms with E-state index < -0.39 is 23.4 Å². The van der Waals surface area contributed by atoms with E-state index in [1.54, 1.807) is 25.7 Å². The van der Waals surface area contributed by atoms with Crippen LogP contribution in [0.4, 0.5) is 9.18 Å². The van der Waals surface area contributed by atoms with Gasteiger partial charge >= 0.3 is 6.09 Å². The molecule has 0 radical (unpaired) electrons. The van der Waals surface area contributed by atoms with Crippen LogP contribution in [0, 0.1) is 5.82 Å². The van der Waals surface area contributed by atoms with Gasteiger partial charge < -0.3 is 19.7 Å². The number of hydrogen-bond acceptors (Lipinski definition) is 5. The zero-order valence-corrected chi connectivity index (χ0v) is 16.6. The van der Waals surface area contributed by atoms with Crippen molar-refractivity contribution in [1.82, 2.24) is 15.2 Å². The van der Waals surface area contributed by atoms with Gasteiger partial charge in [0.2, 0.25) is 0 Å². The van der Waals surface area contributed by atoms with Gasteiger partial charge in [-0.15, -0.1) is 0 Å². The minimum absolute atomic E-state index is 0.151. The lowest BCUT2D eigenvalue weighted by molar-refractivity contribution is 0.0160. The molecule has 9 heteroatoms. The molecular weight excluding hydrogens is 409 g/mol. The Balaban J connectivity index is 2.04. The first-order chi connectivity index (χ1) is 12.2. The van der Waals surface area contributed by atoms with Gasteiger partial charge in [0.15, 0.2) is 11.5 Å². The number of halogens is 2. The molecule has 0 aliphatic carbocycles. The number of pyridine rings is 1. The van der Waals surface area contributed by atoms with Crippen LogP contribution in [0.1, 0.15) is 37.7 Å². The molecule has 1 aliphatic rings. The van der Waals surface area contributed by atoms with Crippen molar-refractivity contribution in [3.8, 4) is 0 Å². The highest BCUT2D eigenvalue weighted by Gasteiger charge is 2.30. The molecule has 1 aromatic heterocycles. The molecule has 1 saturated heterocycles. The summed E-state index contributed by atoms with van der Waals surface area (Å²) >= 11 is 3.10. The monoisotopic (exact) mass is 431 g/mol. The molecule has 1 fully saturated rings. The first-order valence-electron chi connectivity index (χ1n) is 8.34. The van der Waals surface area contributed by atoms with Gasteiger partial charge in [-0.25, -0.2) is 14.2 Å². The predicted octanol–water partition coefficient (Wildman–Crippen LogP) is 2.74. The average molecular weight is 432 g/mol. The van der Waals surface area contributed by atoms with Crippen LogP contribution in [0.3, 0.4) is 0 Å². The van der Waals surface area contributed by atoms with Crippen molar-refractivity contribution in [3.05, 3.63) is 28.2 Å². The lowest BCUT2D eigenvalue weighted by Gasteiger charge is -2.31. The predicted molar refractivity (Wildman–Crippen MR) is 96.4 cm³/mol. The third-order valence-corrected chi connectivity index (χ3v) is 4.10. The van der Waals surface area contributed by atoms with E-state index in [9.17, 15) is 14.0 Å². The molecule has 2 amide bonds. The van der Waals surface area contributed by atoms with Crippen LogP contribution in [0.2, 0.25) is 0 Å². The van der Waals surface area contributed by atoms with E-state index in [0.29, 0.717) is 30.7 Å². The van der Waals surface area contributed by atoms with Crippen molar-refractivity contribution in [3.63, 3.8) is 0 Å². The third-order valence-electron chi connectivity index (χ3n) is 3.66. The summed E-state index contributed by atoms with van der Waals surface area (Å²) in [6, 6.07) is 0.865. The lowest BCUT2D eigenvalue weighted by atomic mass is 10.1. The molecule has 1 atom stereocenters. The van der Waals surface area contributed by atoms with E-state index in [1.807, 2.05) is 0 Å². The maximum Gasteiger partial charge on any atom is 0.410 e. The minimum atomic E-state index is -0.718. The Morgan fingerprint density at radius 3 is 2.85 bits per heavy atom. The maximum atomic E-state index is 13.9. The van der Waals surface area contributed by atoms with Crippen LogP contribution in [0.25, 0.3) is 0 Å². The quantitative estimate of drug-likeness (QED) is 0.795. The molecule has 26 heavy (non-hydrogen) atoms. The summed E-state index contributed by atoms with van der Waals surface area (Å²) in [4.78, 5) is 30.0. The molecular formula is C17H23BrFN3O4.